The smallest absolute Gasteiger partial charge is 0.306 e. The maximum atomic E-state index is 13.2. The number of nitrogens with zero attached hydrogens (tertiary/aromatic N) is 3. The van der Waals surface area contributed by atoms with Gasteiger partial charge in [-0.05, 0) is 37.1 Å². The van der Waals surface area contributed by atoms with Crippen molar-refractivity contribution in [2.24, 2.45) is 5.92 Å². The lowest BCUT2D eigenvalue weighted by Gasteiger charge is -2.31. The minimum Gasteiger partial charge on any atom is -0.481 e. The Labute approximate surface area is 143 Å². The summed E-state index contributed by atoms with van der Waals surface area (Å²) in [5.41, 5.74) is 0.586. The van der Waals surface area contributed by atoms with Gasteiger partial charge in [-0.25, -0.2) is 9.37 Å². The van der Waals surface area contributed by atoms with Crippen molar-refractivity contribution < 1.29 is 14.3 Å². The average molecular weight is 351 g/mol. The molecule has 0 radical (unpaired) electrons. The van der Waals surface area contributed by atoms with Crippen LogP contribution in [0.4, 0.5) is 21.8 Å². The van der Waals surface area contributed by atoms with E-state index in [2.05, 4.69) is 15.3 Å². The van der Waals surface area contributed by atoms with Crippen molar-refractivity contribution >= 4 is 35.0 Å². The van der Waals surface area contributed by atoms with E-state index in [1.165, 1.54) is 12.1 Å². The summed E-state index contributed by atoms with van der Waals surface area (Å²) >= 11 is 5.76. The van der Waals surface area contributed by atoms with Gasteiger partial charge in [0.1, 0.15) is 11.6 Å². The molecule has 0 aliphatic carbocycles. The fourth-order valence-corrected chi connectivity index (χ4v) is 2.82. The van der Waals surface area contributed by atoms with Gasteiger partial charge in [0.2, 0.25) is 5.95 Å². The predicted octanol–water partition coefficient (Wildman–Crippen LogP) is 3.31. The van der Waals surface area contributed by atoms with E-state index in [-0.39, 0.29) is 10.9 Å². The Morgan fingerprint density at radius 1 is 1.33 bits per heavy atom. The second-order valence-corrected chi connectivity index (χ2v) is 6.00. The van der Waals surface area contributed by atoms with Gasteiger partial charge in [-0.3, -0.25) is 4.79 Å². The van der Waals surface area contributed by atoms with Crippen LogP contribution in [0.2, 0.25) is 5.02 Å². The van der Waals surface area contributed by atoms with Crippen LogP contribution in [0.5, 0.6) is 0 Å². The molecule has 0 spiro atoms. The van der Waals surface area contributed by atoms with Crippen molar-refractivity contribution in [2.75, 3.05) is 23.3 Å². The highest BCUT2D eigenvalue weighted by molar-refractivity contribution is 6.31. The normalized spacial score (nSPS) is 15.3. The lowest BCUT2D eigenvalue weighted by molar-refractivity contribution is -0.142. The highest BCUT2D eigenvalue weighted by atomic mass is 35.5. The van der Waals surface area contributed by atoms with Crippen LogP contribution in [-0.4, -0.2) is 34.1 Å². The fraction of sp³-hybridized carbons (Fsp3) is 0.312. The number of aliphatic carboxylic acids is 1. The quantitative estimate of drug-likeness (QED) is 0.880. The number of carbonyl (C=O) groups is 1. The summed E-state index contributed by atoms with van der Waals surface area (Å²) in [7, 11) is 0. The second-order valence-electron chi connectivity index (χ2n) is 5.59. The van der Waals surface area contributed by atoms with Gasteiger partial charge in [-0.15, -0.1) is 0 Å². The summed E-state index contributed by atoms with van der Waals surface area (Å²) in [4.78, 5) is 21.6. The van der Waals surface area contributed by atoms with Crippen LogP contribution in [0, 0.1) is 11.7 Å². The number of piperidine rings is 1. The van der Waals surface area contributed by atoms with Crippen LogP contribution in [0.15, 0.2) is 30.5 Å². The zero-order chi connectivity index (χ0) is 17.1. The molecule has 0 bridgehead atoms. The van der Waals surface area contributed by atoms with Gasteiger partial charge in [0.05, 0.1) is 10.9 Å². The number of rotatable bonds is 4. The Hall–Kier alpha value is -2.41. The molecule has 2 N–H and O–H groups in total. The van der Waals surface area contributed by atoms with Crippen LogP contribution in [0.1, 0.15) is 12.8 Å². The van der Waals surface area contributed by atoms with E-state index in [0.29, 0.717) is 37.6 Å². The molecule has 24 heavy (non-hydrogen) atoms. The molecule has 0 atom stereocenters. The molecule has 3 rings (SSSR count). The van der Waals surface area contributed by atoms with Gasteiger partial charge >= 0.3 is 5.97 Å². The largest absolute Gasteiger partial charge is 0.481 e. The van der Waals surface area contributed by atoms with Crippen molar-refractivity contribution in [1.82, 2.24) is 9.97 Å². The minimum absolute atomic E-state index is 0.0203. The van der Waals surface area contributed by atoms with Crippen molar-refractivity contribution in [2.45, 2.75) is 12.8 Å². The summed E-state index contributed by atoms with van der Waals surface area (Å²) < 4.78 is 13.2. The number of halogens is 2. The number of anilines is 3. The fourth-order valence-electron chi connectivity index (χ4n) is 2.64. The van der Waals surface area contributed by atoms with Crippen molar-refractivity contribution in [3.05, 3.63) is 41.3 Å². The van der Waals surface area contributed by atoms with E-state index in [4.69, 9.17) is 16.7 Å². The zero-order valence-corrected chi connectivity index (χ0v) is 13.5. The van der Waals surface area contributed by atoms with Gasteiger partial charge in [-0.2, -0.15) is 4.98 Å². The summed E-state index contributed by atoms with van der Waals surface area (Å²) in [6.07, 6.45) is 2.81. The topological polar surface area (TPSA) is 78.3 Å². The predicted molar refractivity (Wildman–Crippen MR) is 89.3 cm³/mol. The highest BCUT2D eigenvalue weighted by Crippen LogP contribution is 2.24. The standard InChI is InChI=1S/C16H16ClFN4O2/c17-12-9-11(1-2-13(12)18)20-16-19-6-3-14(21-16)22-7-4-10(5-8-22)15(23)24/h1-3,6,9-10H,4-5,7-8H2,(H,23,24)(H,19,20,21). The maximum absolute atomic E-state index is 13.2. The van der Waals surface area contributed by atoms with Crippen LogP contribution in [-0.2, 0) is 4.79 Å². The first-order chi connectivity index (χ1) is 11.5. The summed E-state index contributed by atoms with van der Waals surface area (Å²) in [6, 6.07) is 6.07. The molecule has 1 saturated heterocycles. The molecule has 0 unspecified atom stereocenters. The number of aromatic nitrogens is 2. The first-order valence-corrected chi connectivity index (χ1v) is 7.93. The van der Waals surface area contributed by atoms with Gasteiger partial charge in [0.15, 0.2) is 0 Å². The van der Waals surface area contributed by atoms with Crippen LogP contribution in [0.3, 0.4) is 0 Å². The first kappa shape index (κ1) is 16.4. The molecule has 126 valence electrons. The van der Waals surface area contributed by atoms with E-state index >= 15 is 0 Å². The van der Waals surface area contributed by atoms with Crippen LogP contribution >= 0.6 is 11.6 Å². The molecule has 2 aromatic rings. The average Bonchev–Trinajstić information content (AvgIpc) is 2.58. The van der Waals surface area contributed by atoms with Gasteiger partial charge in [0, 0.05) is 25.0 Å². The number of hydrogen-bond acceptors (Lipinski definition) is 5. The molecule has 1 aromatic carbocycles. The molecular formula is C16H16ClFN4O2. The monoisotopic (exact) mass is 350 g/mol. The molecular weight excluding hydrogens is 335 g/mol. The summed E-state index contributed by atoms with van der Waals surface area (Å²) in [5, 5.41) is 12.1. The summed E-state index contributed by atoms with van der Waals surface area (Å²) in [6.45, 7) is 1.27. The van der Waals surface area contributed by atoms with E-state index in [0.717, 1.165) is 5.82 Å². The molecule has 0 saturated carbocycles. The van der Waals surface area contributed by atoms with Crippen molar-refractivity contribution in [3.63, 3.8) is 0 Å². The number of nitrogens with one attached hydrogen (secondary N) is 1. The van der Waals surface area contributed by atoms with E-state index < -0.39 is 11.8 Å². The number of hydrogen-bond donors (Lipinski definition) is 2. The molecule has 6 nitrogen and oxygen atoms in total. The third-order valence-electron chi connectivity index (χ3n) is 3.98. The molecule has 1 aliphatic rings. The number of carboxylic acids is 1. The molecule has 1 fully saturated rings. The lowest BCUT2D eigenvalue weighted by Crippen LogP contribution is -2.36. The van der Waals surface area contributed by atoms with E-state index in [1.54, 1.807) is 18.3 Å². The minimum atomic E-state index is -0.743. The summed E-state index contributed by atoms with van der Waals surface area (Å²) in [5.74, 6) is -0.423. The first-order valence-electron chi connectivity index (χ1n) is 7.56. The maximum Gasteiger partial charge on any atom is 0.306 e. The lowest BCUT2D eigenvalue weighted by atomic mass is 9.97. The SMILES string of the molecule is O=C(O)C1CCN(c2ccnc(Nc3ccc(F)c(Cl)c3)n2)CC1. The molecule has 1 aromatic heterocycles. The van der Waals surface area contributed by atoms with Gasteiger partial charge in [-0.1, -0.05) is 11.6 Å². The second kappa shape index (κ2) is 7.00. The van der Waals surface area contributed by atoms with Crippen molar-refractivity contribution in [1.29, 1.82) is 0 Å². The Morgan fingerprint density at radius 3 is 2.75 bits per heavy atom. The van der Waals surface area contributed by atoms with E-state index in [9.17, 15) is 9.18 Å². The number of carboxylic acid groups (broad SMARTS) is 1. The molecule has 1 aliphatic heterocycles. The third-order valence-corrected chi connectivity index (χ3v) is 4.27. The van der Waals surface area contributed by atoms with Gasteiger partial charge in [0.25, 0.3) is 0 Å². The van der Waals surface area contributed by atoms with E-state index in [1.807, 2.05) is 4.90 Å². The van der Waals surface area contributed by atoms with Crippen LogP contribution < -0.4 is 10.2 Å². The molecule has 0 amide bonds. The Balaban J connectivity index is 1.70. The van der Waals surface area contributed by atoms with Gasteiger partial charge < -0.3 is 15.3 Å². The Bertz CT molecular complexity index is 751. The molecule has 2 heterocycles. The van der Waals surface area contributed by atoms with Crippen molar-refractivity contribution in [3.8, 4) is 0 Å². The Kier molecular flexibility index (Phi) is 4.80. The Morgan fingerprint density at radius 2 is 2.08 bits per heavy atom. The van der Waals surface area contributed by atoms with Crippen LogP contribution in [0.25, 0.3) is 0 Å². The third kappa shape index (κ3) is 3.73. The number of benzene rings is 1. The highest BCUT2D eigenvalue weighted by Gasteiger charge is 2.25. The zero-order valence-electron chi connectivity index (χ0n) is 12.7. The molecule has 8 heteroatoms.